The first-order valence-corrected chi connectivity index (χ1v) is 26.6. The summed E-state index contributed by atoms with van der Waals surface area (Å²) in [4.78, 5) is 56.9. The number of carbonyl (C=O) groups excluding carboxylic acids is 4. The Hall–Kier alpha value is -8.14. The number of hydrogen-bond acceptors (Lipinski definition) is 14. The van der Waals surface area contributed by atoms with Crippen molar-refractivity contribution in [3.8, 4) is 46.0 Å². The monoisotopic (exact) mass is 1150 g/mol. The normalized spacial score (nSPS) is 13.5. The van der Waals surface area contributed by atoms with Crippen molar-refractivity contribution >= 4 is 72.7 Å². The Balaban J connectivity index is 0.000000211. The van der Waals surface area contributed by atoms with Crippen molar-refractivity contribution < 1.29 is 56.4 Å². The van der Waals surface area contributed by atoms with Gasteiger partial charge in [-0.05, 0) is 143 Å². The quantitative estimate of drug-likeness (QED) is 0.0441. The number of halogens is 3. The summed E-state index contributed by atoms with van der Waals surface area (Å²) < 4.78 is 65.8. The molecule has 4 heterocycles. The number of nitrogens with one attached hydrogen (secondary N) is 6. The molecule has 5 aromatic carbocycles. The molecule has 0 unspecified atom stereocenters. The topological polar surface area (TPSA) is 222 Å². The van der Waals surface area contributed by atoms with E-state index in [0.29, 0.717) is 94.3 Å². The number of methoxy groups -OCH3 is 2. The maximum absolute atomic E-state index is 15.0. The van der Waals surface area contributed by atoms with Gasteiger partial charge in [-0.1, -0.05) is 28.1 Å². The average molecular weight is 1150 g/mol. The lowest BCUT2D eigenvalue weighted by atomic mass is 9.99. The van der Waals surface area contributed by atoms with E-state index < -0.39 is 35.3 Å². The van der Waals surface area contributed by atoms with Gasteiger partial charge < -0.3 is 60.3 Å². The van der Waals surface area contributed by atoms with E-state index in [1.165, 1.54) is 24.3 Å². The van der Waals surface area contributed by atoms with Gasteiger partial charge in [0.2, 0.25) is 0 Å². The second-order valence-corrected chi connectivity index (χ2v) is 19.5. The summed E-state index contributed by atoms with van der Waals surface area (Å²) in [5.74, 6) is -1.00. The zero-order valence-electron chi connectivity index (χ0n) is 43.9. The maximum atomic E-state index is 15.0. The van der Waals surface area contributed by atoms with E-state index in [2.05, 4.69) is 57.8 Å². The summed E-state index contributed by atoms with van der Waals surface area (Å²) in [5, 5.41) is 17.7. The van der Waals surface area contributed by atoms with Crippen molar-refractivity contribution in [3.63, 3.8) is 0 Å². The zero-order chi connectivity index (χ0) is 55.7. The van der Waals surface area contributed by atoms with Gasteiger partial charge in [-0.2, -0.15) is 0 Å². The number of ether oxygens (including phenoxy) is 6. The highest BCUT2D eigenvalue weighted by atomic mass is 79.9. The number of rotatable bonds is 18. The number of hydrogen-bond donors (Lipinski definition) is 6. The van der Waals surface area contributed by atoms with Crippen molar-refractivity contribution in [1.82, 2.24) is 31.2 Å². The minimum Gasteiger partial charge on any atom is -0.493 e. The van der Waals surface area contributed by atoms with Crippen molar-refractivity contribution in [3.05, 3.63) is 131 Å². The van der Waals surface area contributed by atoms with Crippen LogP contribution in [0.25, 0.3) is 21.8 Å². The number of anilines is 2. The Morgan fingerprint density at radius 2 is 1.01 bits per heavy atom. The summed E-state index contributed by atoms with van der Waals surface area (Å²) >= 11 is 3.38. The van der Waals surface area contributed by atoms with Crippen LogP contribution in [-0.4, -0.2) is 100 Å². The molecule has 0 aliphatic carbocycles. The molecule has 0 atom stereocenters. The molecule has 0 bridgehead atoms. The van der Waals surface area contributed by atoms with Gasteiger partial charge in [-0.15, -0.1) is 0 Å². The lowest BCUT2D eigenvalue weighted by Crippen LogP contribution is -2.36. The molecular formula is C58H61BrF2N8O10. The zero-order valence-corrected chi connectivity index (χ0v) is 45.4. The van der Waals surface area contributed by atoms with Crippen LogP contribution in [0.5, 0.6) is 46.0 Å². The highest BCUT2D eigenvalue weighted by Crippen LogP contribution is 2.40. The largest absolute Gasteiger partial charge is 0.493 e. The van der Waals surface area contributed by atoms with E-state index in [0.717, 1.165) is 74.0 Å². The van der Waals surface area contributed by atoms with Gasteiger partial charge in [0.05, 0.1) is 38.5 Å². The third-order valence-electron chi connectivity index (χ3n) is 13.0. The van der Waals surface area contributed by atoms with Crippen molar-refractivity contribution in [2.24, 2.45) is 11.8 Å². The van der Waals surface area contributed by atoms with E-state index in [9.17, 15) is 23.6 Å². The van der Waals surface area contributed by atoms with Crippen LogP contribution in [0, 0.1) is 23.5 Å². The van der Waals surface area contributed by atoms with Gasteiger partial charge in [-0.25, -0.2) is 8.78 Å². The predicted molar refractivity (Wildman–Crippen MR) is 299 cm³/mol. The van der Waals surface area contributed by atoms with Crippen molar-refractivity contribution in [1.29, 1.82) is 0 Å². The Morgan fingerprint density at radius 1 is 0.557 bits per heavy atom. The molecule has 0 spiro atoms. The van der Waals surface area contributed by atoms with E-state index >= 15 is 4.39 Å². The van der Waals surface area contributed by atoms with E-state index in [-0.39, 0.29) is 29.4 Å². The molecule has 2 aliphatic heterocycles. The molecule has 2 saturated heterocycles. The van der Waals surface area contributed by atoms with Gasteiger partial charge in [0.15, 0.2) is 46.1 Å². The fraction of sp³-hybridized carbons (Fsp3) is 0.310. The number of amides is 4. The Labute approximate surface area is 463 Å². The lowest BCUT2D eigenvalue weighted by molar-refractivity contribution is -0.136. The lowest BCUT2D eigenvalue weighted by Gasteiger charge is -2.23. The van der Waals surface area contributed by atoms with Crippen molar-refractivity contribution in [2.75, 3.05) is 77.3 Å². The second kappa shape index (κ2) is 28.0. The SMILES string of the molecule is CCNC(=O)C(=O)Nc1ccc(Oc2ccnc3cc(OCC4CCNCC4)c(OC)cc23)c(F)c1.COc1cc2c(Oc3ccc(NC(=O)C(=O)NCCc4ccc(Br)cc4)cc3F)ccnc2cc1OCC1CCNCC1. The van der Waals surface area contributed by atoms with Crippen LogP contribution in [0.3, 0.4) is 0 Å². The molecule has 9 rings (SSSR count). The summed E-state index contributed by atoms with van der Waals surface area (Å²) in [6.07, 6.45) is 7.94. The molecule has 414 valence electrons. The van der Waals surface area contributed by atoms with Crippen LogP contribution in [-0.2, 0) is 25.6 Å². The standard InChI is InChI=1S/C32H32BrFN4O5.C26H29FN4O5/c1-41-29-17-24-26(18-30(29)42-19-21-8-12-35-13-9-21)36-15-11-27(24)43-28-7-6-23(16-25(28)34)38-32(40)31(39)37-14-10-20-2-4-22(33)5-3-20;1-3-29-25(32)26(33)31-17-4-5-22(19(27)12-17)36-21-8-11-30-20-14-24(23(34-2)13-18(20)21)35-15-16-6-9-28-10-7-16/h2-7,11,15-18,21,35H,8-10,12-14,19H2,1H3,(H,37,39)(H,38,40);4-5,8,11-14,16,28H,3,6-7,9-10,15H2,1-2H3,(H,29,32)(H,31,33). The number of likely N-dealkylation sites (N-methyl/N-ethyl adjacent to an activating group) is 1. The van der Waals surface area contributed by atoms with E-state index in [4.69, 9.17) is 28.4 Å². The molecule has 18 nitrogen and oxygen atoms in total. The second-order valence-electron chi connectivity index (χ2n) is 18.6. The van der Waals surface area contributed by atoms with Crippen LogP contribution >= 0.6 is 15.9 Å². The smallest absolute Gasteiger partial charge is 0.313 e. The van der Waals surface area contributed by atoms with Crippen LogP contribution in [0.1, 0.15) is 38.2 Å². The molecule has 79 heavy (non-hydrogen) atoms. The molecule has 21 heteroatoms. The molecule has 4 amide bonds. The molecule has 6 N–H and O–H groups in total. The van der Waals surface area contributed by atoms with Crippen LogP contribution < -0.4 is 60.3 Å². The third kappa shape index (κ3) is 15.8. The fourth-order valence-corrected chi connectivity index (χ4v) is 8.98. The summed E-state index contributed by atoms with van der Waals surface area (Å²) in [6, 6.07) is 25.9. The van der Waals surface area contributed by atoms with E-state index in [1.807, 2.05) is 24.3 Å². The Kier molecular flexibility index (Phi) is 20.2. The summed E-state index contributed by atoms with van der Waals surface area (Å²) in [5.41, 5.74) is 2.49. The van der Waals surface area contributed by atoms with Crippen LogP contribution in [0.15, 0.2) is 114 Å². The van der Waals surface area contributed by atoms with E-state index in [1.54, 1.807) is 69.9 Å². The average Bonchev–Trinajstić information content (AvgIpc) is 3.51. The Morgan fingerprint density at radius 3 is 1.44 bits per heavy atom. The van der Waals surface area contributed by atoms with Gasteiger partial charge in [0.25, 0.3) is 0 Å². The Bertz CT molecular complexity index is 3270. The maximum Gasteiger partial charge on any atom is 0.313 e. The number of aromatic nitrogens is 2. The summed E-state index contributed by atoms with van der Waals surface area (Å²) in [6.45, 7) is 7.41. The first-order chi connectivity index (χ1) is 38.4. The molecule has 2 aromatic heterocycles. The van der Waals surface area contributed by atoms with Gasteiger partial charge in [0.1, 0.15) is 11.5 Å². The highest BCUT2D eigenvalue weighted by Gasteiger charge is 2.21. The highest BCUT2D eigenvalue weighted by molar-refractivity contribution is 9.10. The first kappa shape index (κ1) is 57.0. The van der Waals surface area contributed by atoms with Crippen LogP contribution in [0.4, 0.5) is 20.2 Å². The number of benzene rings is 5. The van der Waals surface area contributed by atoms with Crippen LogP contribution in [0.2, 0.25) is 0 Å². The first-order valence-electron chi connectivity index (χ1n) is 25.9. The number of fused-ring (bicyclic) bond motifs is 2. The van der Waals surface area contributed by atoms with Gasteiger partial charge >= 0.3 is 23.6 Å². The summed E-state index contributed by atoms with van der Waals surface area (Å²) in [7, 11) is 3.12. The number of piperidine rings is 2. The number of carbonyl (C=O) groups is 4. The molecule has 7 aromatic rings. The van der Waals surface area contributed by atoms with Gasteiger partial charge in [0, 0.05) is 76.4 Å². The fourth-order valence-electron chi connectivity index (χ4n) is 8.72. The van der Waals surface area contributed by atoms with Gasteiger partial charge in [-0.3, -0.25) is 29.1 Å². The molecular weight excluding hydrogens is 1090 g/mol. The molecule has 0 saturated carbocycles. The minimum absolute atomic E-state index is 0.0521. The molecule has 2 fully saturated rings. The molecule has 2 aliphatic rings. The predicted octanol–water partition coefficient (Wildman–Crippen LogP) is 9.24. The third-order valence-corrected chi connectivity index (χ3v) is 13.6. The number of nitrogens with zero attached hydrogens (tertiary/aromatic N) is 2. The minimum atomic E-state index is -0.894. The number of pyridine rings is 2. The molecule has 0 radical (unpaired) electrons. The van der Waals surface area contributed by atoms with Crippen molar-refractivity contribution in [2.45, 2.75) is 39.0 Å².